The van der Waals surface area contributed by atoms with Gasteiger partial charge in [-0.1, -0.05) is 36.4 Å². The van der Waals surface area contributed by atoms with Crippen molar-refractivity contribution < 1.29 is 9.53 Å². The third-order valence-electron chi connectivity index (χ3n) is 3.90. The molecule has 0 aliphatic carbocycles. The topological polar surface area (TPSA) is 38.3 Å². The van der Waals surface area contributed by atoms with Crippen molar-refractivity contribution in [3.63, 3.8) is 0 Å². The molecular formula is C20H25NO2S. The van der Waals surface area contributed by atoms with Crippen LogP contribution in [-0.2, 0) is 4.79 Å². The summed E-state index contributed by atoms with van der Waals surface area (Å²) in [4.78, 5) is 12.4. The van der Waals surface area contributed by atoms with E-state index in [2.05, 4.69) is 5.32 Å². The lowest BCUT2D eigenvalue weighted by Crippen LogP contribution is -2.24. The van der Waals surface area contributed by atoms with Crippen LogP contribution in [-0.4, -0.2) is 23.5 Å². The highest BCUT2D eigenvalue weighted by molar-refractivity contribution is 8.00. The second-order valence-corrected chi connectivity index (χ2v) is 7.33. The standard InChI is InChI=1S/C20H25NO2S/c1-14-8-5-6-11-18(14)23-12-13-24-17(4)20(22)21-19-15(2)9-7-10-16(19)3/h5-11,17H,12-13H2,1-4H3,(H,21,22). The first-order valence-electron chi connectivity index (χ1n) is 8.16. The van der Waals surface area contributed by atoms with Crippen molar-refractivity contribution in [1.82, 2.24) is 0 Å². The van der Waals surface area contributed by atoms with E-state index in [4.69, 9.17) is 4.74 Å². The minimum atomic E-state index is -0.121. The lowest BCUT2D eigenvalue weighted by atomic mass is 10.1. The average Bonchev–Trinajstić information content (AvgIpc) is 2.56. The van der Waals surface area contributed by atoms with Gasteiger partial charge in [0.2, 0.25) is 5.91 Å². The molecule has 0 aliphatic rings. The Morgan fingerprint density at radius 1 is 1.04 bits per heavy atom. The monoisotopic (exact) mass is 343 g/mol. The third kappa shape index (κ3) is 5.03. The zero-order chi connectivity index (χ0) is 17.5. The summed E-state index contributed by atoms with van der Waals surface area (Å²) in [6.45, 7) is 8.58. The van der Waals surface area contributed by atoms with Crippen molar-refractivity contribution in [3.05, 3.63) is 59.2 Å². The maximum absolute atomic E-state index is 12.4. The van der Waals surface area contributed by atoms with Crippen LogP contribution in [0.1, 0.15) is 23.6 Å². The molecule has 2 aromatic rings. The number of carbonyl (C=O) groups is 1. The van der Waals surface area contributed by atoms with Gasteiger partial charge in [0.1, 0.15) is 5.75 Å². The van der Waals surface area contributed by atoms with Crippen LogP contribution in [0.5, 0.6) is 5.75 Å². The number of amides is 1. The highest BCUT2D eigenvalue weighted by atomic mass is 32.2. The summed E-state index contributed by atoms with van der Waals surface area (Å²) >= 11 is 1.60. The number of nitrogens with one attached hydrogen (secondary N) is 1. The van der Waals surface area contributed by atoms with E-state index in [1.807, 2.05) is 70.2 Å². The van der Waals surface area contributed by atoms with E-state index in [0.717, 1.165) is 33.9 Å². The minimum Gasteiger partial charge on any atom is -0.492 e. The SMILES string of the molecule is Cc1ccccc1OCCSC(C)C(=O)Nc1c(C)cccc1C. The molecule has 1 N–H and O–H groups in total. The van der Waals surface area contributed by atoms with Gasteiger partial charge in [-0.05, 0) is 50.5 Å². The predicted octanol–water partition coefficient (Wildman–Crippen LogP) is 4.75. The van der Waals surface area contributed by atoms with Crippen molar-refractivity contribution in [1.29, 1.82) is 0 Å². The number of rotatable bonds is 7. The number of carbonyl (C=O) groups excluding carboxylic acids is 1. The maximum atomic E-state index is 12.4. The number of thioether (sulfide) groups is 1. The summed E-state index contributed by atoms with van der Waals surface area (Å²) < 4.78 is 5.77. The van der Waals surface area contributed by atoms with E-state index >= 15 is 0 Å². The number of ether oxygens (including phenoxy) is 1. The molecule has 0 aliphatic heterocycles. The number of para-hydroxylation sites is 2. The second kappa shape index (κ2) is 8.78. The lowest BCUT2D eigenvalue weighted by Gasteiger charge is -2.15. The summed E-state index contributed by atoms with van der Waals surface area (Å²) in [6, 6.07) is 14.0. The molecule has 24 heavy (non-hydrogen) atoms. The number of aryl methyl sites for hydroxylation is 3. The van der Waals surface area contributed by atoms with Gasteiger partial charge in [-0.2, -0.15) is 0 Å². The number of hydrogen-bond acceptors (Lipinski definition) is 3. The zero-order valence-corrected chi connectivity index (χ0v) is 15.6. The fourth-order valence-corrected chi connectivity index (χ4v) is 3.15. The first-order chi connectivity index (χ1) is 11.5. The van der Waals surface area contributed by atoms with E-state index in [1.54, 1.807) is 11.8 Å². The molecule has 0 fully saturated rings. The maximum Gasteiger partial charge on any atom is 0.237 e. The molecule has 3 nitrogen and oxygen atoms in total. The van der Waals surface area contributed by atoms with Gasteiger partial charge in [-0.3, -0.25) is 4.79 Å². The first kappa shape index (κ1) is 18.4. The van der Waals surface area contributed by atoms with E-state index in [1.165, 1.54) is 0 Å². The van der Waals surface area contributed by atoms with E-state index in [0.29, 0.717) is 6.61 Å². The smallest absolute Gasteiger partial charge is 0.237 e. The number of anilines is 1. The molecule has 2 rings (SSSR count). The third-order valence-corrected chi connectivity index (χ3v) is 5.02. The van der Waals surface area contributed by atoms with Crippen LogP contribution >= 0.6 is 11.8 Å². The highest BCUT2D eigenvalue weighted by Gasteiger charge is 2.15. The molecule has 0 aromatic heterocycles. The predicted molar refractivity (Wildman–Crippen MR) is 103 cm³/mol. The van der Waals surface area contributed by atoms with Gasteiger partial charge >= 0.3 is 0 Å². The molecule has 0 saturated carbocycles. The molecule has 0 radical (unpaired) electrons. The van der Waals surface area contributed by atoms with Gasteiger partial charge in [-0.15, -0.1) is 11.8 Å². The van der Waals surface area contributed by atoms with Gasteiger partial charge in [0.25, 0.3) is 0 Å². The van der Waals surface area contributed by atoms with Crippen molar-refractivity contribution in [2.45, 2.75) is 32.9 Å². The van der Waals surface area contributed by atoms with Crippen LogP contribution in [0.3, 0.4) is 0 Å². The van der Waals surface area contributed by atoms with Crippen LogP contribution in [0.2, 0.25) is 0 Å². The molecule has 0 heterocycles. The van der Waals surface area contributed by atoms with Gasteiger partial charge < -0.3 is 10.1 Å². The van der Waals surface area contributed by atoms with Crippen LogP contribution in [0.25, 0.3) is 0 Å². The molecule has 0 spiro atoms. The van der Waals surface area contributed by atoms with E-state index in [9.17, 15) is 4.79 Å². The Kier molecular flexibility index (Phi) is 6.73. The van der Waals surface area contributed by atoms with Crippen molar-refractivity contribution in [2.24, 2.45) is 0 Å². The molecule has 0 saturated heterocycles. The van der Waals surface area contributed by atoms with Crippen LogP contribution in [0.15, 0.2) is 42.5 Å². The van der Waals surface area contributed by atoms with Gasteiger partial charge in [0.15, 0.2) is 0 Å². The van der Waals surface area contributed by atoms with E-state index < -0.39 is 0 Å². The Morgan fingerprint density at radius 3 is 2.33 bits per heavy atom. The first-order valence-corrected chi connectivity index (χ1v) is 9.21. The number of hydrogen-bond donors (Lipinski definition) is 1. The zero-order valence-electron chi connectivity index (χ0n) is 14.8. The van der Waals surface area contributed by atoms with Gasteiger partial charge in [0.05, 0.1) is 11.9 Å². The molecule has 128 valence electrons. The minimum absolute atomic E-state index is 0.0355. The summed E-state index contributed by atoms with van der Waals surface area (Å²) in [5.74, 6) is 1.72. The summed E-state index contributed by atoms with van der Waals surface area (Å²) in [5.41, 5.74) is 4.22. The van der Waals surface area contributed by atoms with E-state index in [-0.39, 0.29) is 11.2 Å². The van der Waals surface area contributed by atoms with Crippen molar-refractivity contribution in [2.75, 3.05) is 17.7 Å². The summed E-state index contributed by atoms with van der Waals surface area (Å²) in [5, 5.41) is 2.92. The Bertz CT molecular complexity index is 680. The fourth-order valence-electron chi connectivity index (χ4n) is 2.41. The molecule has 0 bridgehead atoms. The fraction of sp³-hybridized carbons (Fsp3) is 0.350. The molecule has 1 amide bonds. The largest absolute Gasteiger partial charge is 0.492 e. The van der Waals surface area contributed by atoms with Crippen LogP contribution in [0, 0.1) is 20.8 Å². The normalized spacial score (nSPS) is 11.8. The Balaban J connectivity index is 1.79. The average molecular weight is 343 g/mol. The lowest BCUT2D eigenvalue weighted by molar-refractivity contribution is -0.115. The Morgan fingerprint density at radius 2 is 1.67 bits per heavy atom. The van der Waals surface area contributed by atoms with Crippen LogP contribution < -0.4 is 10.1 Å². The van der Waals surface area contributed by atoms with Crippen LogP contribution in [0.4, 0.5) is 5.69 Å². The molecular weight excluding hydrogens is 318 g/mol. The number of benzene rings is 2. The Labute approximate surface area is 148 Å². The highest BCUT2D eigenvalue weighted by Crippen LogP contribution is 2.22. The molecule has 1 atom stereocenters. The Hall–Kier alpha value is -1.94. The second-order valence-electron chi connectivity index (χ2n) is 5.88. The molecule has 1 unspecified atom stereocenters. The van der Waals surface area contributed by atoms with Crippen molar-refractivity contribution >= 4 is 23.4 Å². The molecule has 2 aromatic carbocycles. The summed E-state index contributed by atoms with van der Waals surface area (Å²) in [6.07, 6.45) is 0. The quantitative estimate of drug-likeness (QED) is 0.737. The van der Waals surface area contributed by atoms with Gasteiger partial charge in [-0.25, -0.2) is 0 Å². The molecule has 4 heteroatoms. The van der Waals surface area contributed by atoms with Crippen molar-refractivity contribution in [3.8, 4) is 5.75 Å². The van der Waals surface area contributed by atoms with Gasteiger partial charge in [0, 0.05) is 11.4 Å². The summed E-state index contributed by atoms with van der Waals surface area (Å²) in [7, 11) is 0.